The normalized spacial score (nSPS) is 10.3. The first-order chi connectivity index (χ1) is 13.0. The van der Waals surface area contributed by atoms with Crippen LogP contribution in [0.2, 0.25) is 0 Å². The number of benzene rings is 1. The lowest BCUT2D eigenvalue weighted by molar-refractivity contribution is -0.591. The third-order valence-electron chi connectivity index (χ3n) is 3.34. The van der Waals surface area contributed by atoms with Gasteiger partial charge < -0.3 is 20.0 Å². The summed E-state index contributed by atoms with van der Waals surface area (Å²) >= 11 is 0. The van der Waals surface area contributed by atoms with Gasteiger partial charge in [-0.25, -0.2) is 4.73 Å². The van der Waals surface area contributed by atoms with Crippen molar-refractivity contribution in [3.63, 3.8) is 0 Å². The van der Waals surface area contributed by atoms with E-state index in [-0.39, 0.29) is 17.4 Å². The number of hydrogen-bond acceptors (Lipinski definition) is 7. The lowest BCUT2D eigenvalue weighted by atomic mass is 10.3. The molecule has 0 saturated heterocycles. The maximum Gasteiger partial charge on any atom is 0.284 e. The van der Waals surface area contributed by atoms with Crippen LogP contribution in [0.1, 0.15) is 6.92 Å². The largest absolute Gasteiger partial charge is 0.711 e. The van der Waals surface area contributed by atoms with Crippen molar-refractivity contribution in [2.75, 3.05) is 37.0 Å². The predicted molar refractivity (Wildman–Crippen MR) is 97.6 cm³/mol. The number of pyridine rings is 1. The van der Waals surface area contributed by atoms with E-state index in [0.717, 1.165) is 12.3 Å². The Labute approximate surface area is 155 Å². The molecule has 2 N–H and O–H groups in total. The smallest absolute Gasteiger partial charge is 0.284 e. The highest BCUT2D eigenvalue weighted by atomic mass is 16.6. The molecule has 10 heteroatoms. The zero-order valence-corrected chi connectivity index (χ0v) is 14.7. The third-order valence-corrected chi connectivity index (χ3v) is 3.34. The number of hydrogen-bond donors (Lipinski definition) is 2. The summed E-state index contributed by atoms with van der Waals surface area (Å²) in [5, 5.41) is 27.7. The molecule has 144 valence electrons. The molecule has 0 saturated carbocycles. The van der Waals surface area contributed by atoms with Crippen LogP contribution in [0.25, 0.3) is 0 Å². The Kier molecular flexibility index (Phi) is 7.32. The average Bonchev–Trinajstić information content (AvgIpc) is 2.63. The van der Waals surface area contributed by atoms with Gasteiger partial charge in [0.15, 0.2) is 0 Å². The number of nitrogens with zero attached hydrogens (tertiary/aromatic N) is 2. The molecule has 0 aliphatic rings. The summed E-state index contributed by atoms with van der Waals surface area (Å²) in [6.07, 6.45) is 1.08. The SMILES string of the molecule is CC(=O)Nc1ccc(OCCOCCNc2cc([N+](=O)[O-])cc[n+]2[O-])cc1. The second kappa shape index (κ2) is 9.92. The fourth-order valence-electron chi connectivity index (χ4n) is 2.13. The minimum Gasteiger partial charge on any atom is -0.711 e. The molecule has 0 bridgehead atoms. The lowest BCUT2D eigenvalue weighted by Gasteiger charge is -2.09. The second-order valence-corrected chi connectivity index (χ2v) is 5.45. The van der Waals surface area contributed by atoms with Gasteiger partial charge in [-0.3, -0.25) is 20.2 Å². The van der Waals surface area contributed by atoms with Crippen molar-refractivity contribution in [2.45, 2.75) is 6.92 Å². The summed E-state index contributed by atoms with van der Waals surface area (Å²) in [4.78, 5) is 21.1. The van der Waals surface area contributed by atoms with Gasteiger partial charge in [-0.15, -0.1) is 0 Å². The van der Waals surface area contributed by atoms with Crippen molar-refractivity contribution < 1.29 is 23.9 Å². The highest BCUT2D eigenvalue weighted by Crippen LogP contribution is 2.15. The number of aromatic nitrogens is 1. The summed E-state index contributed by atoms with van der Waals surface area (Å²) in [6, 6.07) is 9.25. The minimum absolute atomic E-state index is 0.0864. The van der Waals surface area contributed by atoms with Gasteiger partial charge in [0.25, 0.3) is 11.5 Å². The Bertz CT molecular complexity index is 781. The average molecular weight is 376 g/mol. The van der Waals surface area contributed by atoms with E-state index in [1.165, 1.54) is 13.0 Å². The molecule has 0 spiro atoms. The van der Waals surface area contributed by atoms with E-state index in [4.69, 9.17) is 9.47 Å². The van der Waals surface area contributed by atoms with E-state index in [1.54, 1.807) is 24.3 Å². The summed E-state index contributed by atoms with van der Waals surface area (Å²) in [5.74, 6) is 0.594. The van der Waals surface area contributed by atoms with Crippen LogP contribution in [-0.2, 0) is 9.53 Å². The van der Waals surface area contributed by atoms with Crippen LogP contribution in [0.5, 0.6) is 5.75 Å². The van der Waals surface area contributed by atoms with E-state index < -0.39 is 4.92 Å². The molecule has 1 aromatic carbocycles. The molecule has 27 heavy (non-hydrogen) atoms. The van der Waals surface area contributed by atoms with Gasteiger partial charge in [-0.05, 0) is 24.3 Å². The van der Waals surface area contributed by atoms with Crippen molar-refractivity contribution >= 4 is 23.1 Å². The topological polar surface area (TPSA) is 130 Å². The van der Waals surface area contributed by atoms with E-state index in [2.05, 4.69) is 10.6 Å². The molecule has 1 amide bonds. The monoisotopic (exact) mass is 376 g/mol. The number of carbonyl (C=O) groups is 1. The van der Waals surface area contributed by atoms with Crippen molar-refractivity contribution in [3.05, 3.63) is 57.9 Å². The van der Waals surface area contributed by atoms with Gasteiger partial charge in [0.2, 0.25) is 5.91 Å². The van der Waals surface area contributed by atoms with Gasteiger partial charge in [0.05, 0.1) is 24.2 Å². The van der Waals surface area contributed by atoms with Gasteiger partial charge in [0, 0.05) is 12.6 Å². The molecule has 2 rings (SSSR count). The zero-order chi connectivity index (χ0) is 19.6. The standard InChI is InChI=1S/C17H20N4O6/c1-13(22)19-14-2-4-16(5-3-14)27-11-10-26-9-7-18-17-12-15(21(24)25)6-8-20(17)23/h2-6,8,12,18H,7,9-11H2,1H3,(H,19,22). The van der Waals surface area contributed by atoms with E-state index in [9.17, 15) is 20.1 Å². The quantitative estimate of drug-likeness (QED) is 0.212. The molecular weight excluding hydrogens is 356 g/mol. The Hall–Kier alpha value is -3.40. The molecule has 2 aromatic rings. The molecule has 0 aliphatic carbocycles. The van der Waals surface area contributed by atoms with Crippen molar-refractivity contribution in [2.24, 2.45) is 0 Å². The molecule has 10 nitrogen and oxygen atoms in total. The van der Waals surface area contributed by atoms with Gasteiger partial charge in [-0.1, -0.05) is 0 Å². The molecule has 0 radical (unpaired) electrons. The number of carbonyl (C=O) groups excluding carboxylic acids is 1. The molecule has 1 aromatic heterocycles. The molecule has 0 atom stereocenters. The second-order valence-electron chi connectivity index (χ2n) is 5.45. The highest BCUT2D eigenvalue weighted by molar-refractivity contribution is 5.88. The van der Waals surface area contributed by atoms with E-state index in [0.29, 0.717) is 42.5 Å². The first-order valence-corrected chi connectivity index (χ1v) is 8.15. The van der Waals surface area contributed by atoms with Crippen molar-refractivity contribution in [1.29, 1.82) is 0 Å². The van der Waals surface area contributed by atoms with Crippen molar-refractivity contribution in [3.8, 4) is 5.75 Å². The number of anilines is 2. The number of nitrogens with one attached hydrogen (secondary N) is 2. The minimum atomic E-state index is -0.568. The first-order valence-electron chi connectivity index (χ1n) is 8.15. The van der Waals surface area contributed by atoms with E-state index >= 15 is 0 Å². The zero-order valence-electron chi connectivity index (χ0n) is 14.7. The molecule has 1 heterocycles. The molecule has 0 unspecified atom stereocenters. The Morgan fingerprint density at radius 3 is 2.59 bits per heavy atom. The molecular formula is C17H20N4O6. The molecule has 0 aliphatic heterocycles. The van der Waals surface area contributed by atoms with Gasteiger partial charge in [0.1, 0.15) is 31.2 Å². The third kappa shape index (κ3) is 6.78. The predicted octanol–water partition coefficient (Wildman–Crippen LogP) is 1.69. The van der Waals surface area contributed by atoms with Crippen molar-refractivity contribution in [1.82, 2.24) is 0 Å². The summed E-state index contributed by atoms with van der Waals surface area (Å²) in [7, 11) is 0. The maximum absolute atomic E-state index is 11.5. The Morgan fingerprint density at radius 2 is 1.93 bits per heavy atom. The maximum atomic E-state index is 11.5. The highest BCUT2D eigenvalue weighted by Gasteiger charge is 2.12. The van der Waals surface area contributed by atoms with Crippen LogP contribution in [-0.4, -0.2) is 37.2 Å². The van der Waals surface area contributed by atoms with Crippen LogP contribution >= 0.6 is 0 Å². The fourth-order valence-corrected chi connectivity index (χ4v) is 2.13. The number of amides is 1. The van der Waals surface area contributed by atoms with Crippen LogP contribution < -0.4 is 20.1 Å². The van der Waals surface area contributed by atoms with Crippen LogP contribution in [0, 0.1) is 15.3 Å². The first kappa shape index (κ1) is 19.9. The van der Waals surface area contributed by atoms with Gasteiger partial charge >= 0.3 is 0 Å². The van der Waals surface area contributed by atoms with Crippen LogP contribution in [0.3, 0.4) is 0 Å². The Morgan fingerprint density at radius 1 is 1.19 bits per heavy atom. The number of ether oxygens (including phenoxy) is 2. The van der Waals surface area contributed by atoms with Crippen LogP contribution in [0.4, 0.5) is 17.2 Å². The number of rotatable bonds is 10. The van der Waals surface area contributed by atoms with E-state index in [1.807, 2.05) is 0 Å². The summed E-state index contributed by atoms with van der Waals surface area (Å²) in [5.41, 5.74) is 0.525. The summed E-state index contributed by atoms with van der Waals surface area (Å²) < 4.78 is 11.4. The lowest BCUT2D eigenvalue weighted by Crippen LogP contribution is -2.31. The number of nitro groups is 1. The Balaban J connectivity index is 1.63. The van der Waals surface area contributed by atoms with Crippen LogP contribution in [0.15, 0.2) is 42.6 Å². The molecule has 0 fully saturated rings. The fraction of sp³-hybridized carbons (Fsp3) is 0.294. The van der Waals surface area contributed by atoms with Gasteiger partial charge in [-0.2, -0.15) is 0 Å². The summed E-state index contributed by atoms with van der Waals surface area (Å²) in [6.45, 7) is 2.72.